The Bertz CT molecular complexity index is 2810. The van der Waals surface area contributed by atoms with Gasteiger partial charge in [-0.05, 0) is 115 Å². The second-order valence-corrected chi connectivity index (χ2v) is 15.7. The van der Waals surface area contributed by atoms with E-state index in [1.807, 2.05) is 49.0 Å². The smallest absolute Gasteiger partial charge is 0.319 e. The highest BCUT2D eigenvalue weighted by Crippen LogP contribution is 2.30. The van der Waals surface area contributed by atoms with Crippen LogP contribution in [0.3, 0.4) is 0 Å². The van der Waals surface area contributed by atoms with Crippen molar-refractivity contribution in [2.45, 2.75) is 47.3 Å². The number of nitrogens with zero attached hydrogens (tertiary/aromatic N) is 8. The molecule has 0 bridgehead atoms. The zero-order valence-electron chi connectivity index (χ0n) is 35.0. The zero-order chi connectivity index (χ0) is 42.9. The van der Waals surface area contributed by atoms with Crippen molar-refractivity contribution in [3.8, 4) is 22.5 Å². The van der Waals surface area contributed by atoms with Crippen molar-refractivity contribution in [3.05, 3.63) is 160 Å². The molecule has 310 valence electrons. The lowest BCUT2D eigenvalue weighted by Crippen LogP contribution is -2.31. The summed E-state index contributed by atoms with van der Waals surface area (Å²) in [6, 6.07) is 23.7. The van der Waals surface area contributed by atoms with Crippen LogP contribution in [0, 0.1) is 33.5 Å². The van der Waals surface area contributed by atoms with Gasteiger partial charge in [0.1, 0.15) is 5.82 Å². The summed E-state index contributed by atoms with van der Waals surface area (Å²) in [6.45, 7) is 10.2. The van der Waals surface area contributed by atoms with Crippen LogP contribution in [-0.4, -0.2) is 69.6 Å². The number of urea groups is 1. The van der Waals surface area contributed by atoms with Crippen LogP contribution in [0.25, 0.3) is 22.5 Å². The minimum Gasteiger partial charge on any atom is -0.319 e. The molecule has 0 unspecified atom stereocenters. The summed E-state index contributed by atoms with van der Waals surface area (Å²) in [6.07, 6.45) is 6.86. The van der Waals surface area contributed by atoms with Gasteiger partial charge in [-0.25, -0.2) is 19.2 Å². The number of hydrogen-bond acceptors (Lipinski definition) is 6. The van der Waals surface area contributed by atoms with Crippen LogP contribution in [-0.2, 0) is 33.7 Å². The summed E-state index contributed by atoms with van der Waals surface area (Å²) in [5, 5.41) is 10.0. The Balaban J connectivity index is 0.889. The zero-order valence-corrected chi connectivity index (χ0v) is 35.0. The highest BCUT2D eigenvalue weighted by Gasteiger charge is 2.29. The topological polar surface area (TPSA) is 135 Å². The number of rotatable bonds is 12. The van der Waals surface area contributed by atoms with Gasteiger partial charge in [0, 0.05) is 74.9 Å². The monoisotopic (exact) mass is 818 g/mol. The third-order valence-corrected chi connectivity index (χ3v) is 11.4. The number of hydrogen-bond donors (Lipinski definition) is 2. The largest absolute Gasteiger partial charge is 0.320 e. The van der Waals surface area contributed by atoms with Crippen LogP contribution in [0.4, 0.5) is 21.1 Å². The molecule has 1 aliphatic heterocycles. The lowest BCUT2D eigenvalue weighted by Gasteiger charge is -2.20. The van der Waals surface area contributed by atoms with Crippen LogP contribution >= 0.6 is 0 Å². The number of nitrogens with one attached hydrogen (secondary N) is 2. The first-order valence-electron chi connectivity index (χ1n) is 20.1. The standard InChI is InChI=1S/C47H47FN10O3/c1-29-18-32(4)38(19-30(29)2)41-24-49-45(54(41)5)52-43(59)35-12-7-10-33(21-35)26-56-16-17-57(47(56)61)28-37-23-40(48)39(20-31(37)3)42-25-50-46(55(42)6)53-44(60)36-13-8-11-34(22-36)27-58-15-9-14-51-58/h7-15,18-25H,16-17,26-28H2,1-6H3,(H,49,52,59)(H,50,53,60). The Morgan fingerprint density at radius 3 is 1.82 bits per heavy atom. The van der Waals surface area contributed by atoms with Crippen molar-refractivity contribution >= 4 is 29.7 Å². The normalized spacial score (nSPS) is 12.7. The van der Waals surface area contributed by atoms with Gasteiger partial charge in [0.15, 0.2) is 0 Å². The molecule has 0 atom stereocenters. The number of aryl methyl sites for hydroxylation is 4. The molecule has 1 saturated heterocycles. The van der Waals surface area contributed by atoms with Crippen LogP contribution in [0.15, 0.2) is 104 Å². The second-order valence-electron chi connectivity index (χ2n) is 15.7. The van der Waals surface area contributed by atoms with E-state index in [-0.39, 0.29) is 30.3 Å². The van der Waals surface area contributed by atoms with Crippen LogP contribution in [0.5, 0.6) is 0 Å². The molecular weight excluding hydrogens is 772 g/mol. The van der Waals surface area contributed by atoms with Gasteiger partial charge in [0.25, 0.3) is 11.8 Å². The van der Waals surface area contributed by atoms with Gasteiger partial charge in [0.2, 0.25) is 11.9 Å². The predicted molar refractivity (Wildman–Crippen MR) is 233 cm³/mol. The van der Waals surface area contributed by atoms with E-state index >= 15 is 4.39 Å². The Hall–Kier alpha value is -7.35. The summed E-state index contributed by atoms with van der Waals surface area (Å²) in [5.41, 5.74) is 10.5. The molecule has 1 fully saturated rings. The highest BCUT2D eigenvalue weighted by atomic mass is 19.1. The van der Waals surface area contributed by atoms with Crippen molar-refractivity contribution in [3.63, 3.8) is 0 Å². The maximum absolute atomic E-state index is 15.9. The van der Waals surface area contributed by atoms with E-state index in [0.717, 1.165) is 33.5 Å². The first kappa shape index (κ1) is 40.4. The van der Waals surface area contributed by atoms with Crippen molar-refractivity contribution < 1.29 is 18.8 Å². The van der Waals surface area contributed by atoms with Gasteiger partial charge in [-0.1, -0.05) is 30.3 Å². The average Bonchev–Trinajstić information content (AvgIpc) is 4.04. The van der Waals surface area contributed by atoms with E-state index in [0.29, 0.717) is 60.1 Å². The molecule has 0 saturated carbocycles. The molecule has 61 heavy (non-hydrogen) atoms. The fourth-order valence-electron chi connectivity index (χ4n) is 7.78. The summed E-state index contributed by atoms with van der Waals surface area (Å²) >= 11 is 0. The lowest BCUT2D eigenvalue weighted by atomic mass is 9.99. The Morgan fingerprint density at radius 2 is 1.21 bits per heavy atom. The molecule has 1 aliphatic rings. The first-order valence-corrected chi connectivity index (χ1v) is 20.1. The fourth-order valence-corrected chi connectivity index (χ4v) is 7.78. The minimum absolute atomic E-state index is 0.167. The van der Waals surface area contributed by atoms with Gasteiger partial charge < -0.3 is 18.9 Å². The van der Waals surface area contributed by atoms with Gasteiger partial charge in [-0.2, -0.15) is 5.10 Å². The first-order chi connectivity index (χ1) is 29.3. The van der Waals surface area contributed by atoms with E-state index in [1.54, 1.807) is 74.9 Å². The molecule has 4 aromatic carbocycles. The van der Waals surface area contributed by atoms with E-state index in [4.69, 9.17) is 0 Å². The number of aromatic nitrogens is 6. The fraction of sp³-hybridized carbons (Fsp3) is 0.234. The molecule has 4 amide bonds. The quantitative estimate of drug-likeness (QED) is 0.128. The van der Waals surface area contributed by atoms with Gasteiger partial charge >= 0.3 is 6.03 Å². The molecule has 7 aromatic rings. The summed E-state index contributed by atoms with van der Waals surface area (Å²) < 4.78 is 21.2. The van der Waals surface area contributed by atoms with Crippen LogP contribution in [0.1, 0.15) is 59.7 Å². The van der Waals surface area contributed by atoms with Crippen LogP contribution in [0.2, 0.25) is 0 Å². The molecule has 0 aliphatic carbocycles. The van der Waals surface area contributed by atoms with Crippen molar-refractivity contribution in [1.29, 1.82) is 0 Å². The Morgan fingerprint density at radius 1 is 0.656 bits per heavy atom. The van der Waals surface area contributed by atoms with Crippen molar-refractivity contribution in [1.82, 2.24) is 38.7 Å². The molecule has 13 nitrogen and oxygen atoms in total. The lowest BCUT2D eigenvalue weighted by molar-refractivity contribution is 0.101. The molecule has 8 rings (SSSR count). The van der Waals surface area contributed by atoms with E-state index < -0.39 is 5.82 Å². The third-order valence-electron chi connectivity index (χ3n) is 11.4. The van der Waals surface area contributed by atoms with E-state index in [9.17, 15) is 14.4 Å². The molecule has 0 radical (unpaired) electrons. The van der Waals surface area contributed by atoms with Gasteiger partial charge in [-0.15, -0.1) is 0 Å². The molecule has 2 N–H and O–H groups in total. The van der Waals surface area contributed by atoms with Crippen LogP contribution < -0.4 is 10.6 Å². The number of amides is 4. The predicted octanol–water partition coefficient (Wildman–Crippen LogP) is 8.05. The minimum atomic E-state index is -0.464. The summed E-state index contributed by atoms with van der Waals surface area (Å²) in [5.74, 6) is -0.394. The number of carbonyl (C=O) groups is 3. The summed E-state index contributed by atoms with van der Waals surface area (Å²) in [4.78, 5) is 52.6. The highest BCUT2D eigenvalue weighted by molar-refractivity contribution is 6.04. The Kier molecular flexibility index (Phi) is 11.1. The Labute approximate surface area is 353 Å². The molecule has 4 heterocycles. The SMILES string of the molecule is Cc1cc(C)c(-c2cnc(NC(=O)c3cccc(CN4CCN(Cc5cc(F)c(-c6cnc(NC(=O)c7cccc(Cn8cccn8)c7)n6C)cc5C)C4=O)c3)n2C)cc1C. The molecule has 14 heteroatoms. The van der Waals surface area contributed by atoms with Gasteiger partial charge in [-0.3, -0.25) is 24.9 Å². The number of imidazole rings is 2. The maximum Gasteiger partial charge on any atom is 0.320 e. The molecular formula is C47H47FN10O3. The van der Waals surface area contributed by atoms with Crippen molar-refractivity contribution in [2.24, 2.45) is 14.1 Å². The van der Waals surface area contributed by atoms with E-state index in [2.05, 4.69) is 58.6 Å². The number of benzene rings is 4. The molecule has 0 spiro atoms. The number of anilines is 2. The third kappa shape index (κ3) is 8.42. The summed E-state index contributed by atoms with van der Waals surface area (Å²) in [7, 11) is 3.60. The van der Waals surface area contributed by atoms with Crippen molar-refractivity contribution in [2.75, 3.05) is 23.7 Å². The number of carbonyl (C=O) groups excluding carboxylic acids is 3. The average molecular weight is 819 g/mol. The second kappa shape index (κ2) is 16.7. The van der Waals surface area contributed by atoms with Gasteiger partial charge in [0.05, 0.1) is 30.3 Å². The maximum atomic E-state index is 15.9. The molecule has 3 aromatic heterocycles. The number of halogens is 1. The van der Waals surface area contributed by atoms with E-state index in [1.165, 1.54) is 23.4 Å².